The summed E-state index contributed by atoms with van der Waals surface area (Å²) in [6.07, 6.45) is 0.410. The predicted octanol–water partition coefficient (Wildman–Crippen LogP) is 2.47. The lowest BCUT2D eigenvalue weighted by Gasteiger charge is -2.28. The van der Waals surface area contributed by atoms with Crippen LogP contribution in [0.15, 0.2) is 30.3 Å². The molecule has 1 aromatic rings. The van der Waals surface area contributed by atoms with Crippen molar-refractivity contribution in [2.45, 2.75) is 26.0 Å². The van der Waals surface area contributed by atoms with E-state index in [2.05, 4.69) is 49.1 Å². The summed E-state index contributed by atoms with van der Waals surface area (Å²) in [6.45, 7) is 7.49. The van der Waals surface area contributed by atoms with Gasteiger partial charge in [0.25, 0.3) is 0 Å². The molecule has 0 amide bonds. The Morgan fingerprint density at radius 1 is 1.27 bits per heavy atom. The fraction of sp³-hybridized carbons (Fsp3) is 0.538. The number of hydrogen-bond acceptors (Lipinski definition) is 2. The molecule has 82 valence electrons. The van der Waals surface area contributed by atoms with E-state index < -0.39 is 0 Å². The van der Waals surface area contributed by atoms with Gasteiger partial charge in [0.05, 0.1) is 12.6 Å². The molecule has 15 heavy (non-hydrogen) atoms. The molecule has 0 spiro atoms. The summed E-state index contributed by atoms with van der Waals surface area (Å²) in [5.74, 6) is 0. The first-order chi connectivity index (χ1) is 7.36. The summed E-state index contributed by atoms with van der Waals surface area (Å²) in [5, 5.41) is 0. The molecule has 0 bridgehead atoms. The van der Waals surface area contributed by atoms with E-state index in [-0.39, 0.29) is 0 Å². The second-order valence-corrected chi connectivity index (χ2v) is 3.95. The van der Waals surface area contributed by atoms with Crippen LogP contribution in [0.25, 0.3) is 0 Å². The van der Waals surface area contributed by atoms with E-state index in [0.717, 1.165) is 19.7 Å². The summed E-state index contributed by atoms with van der Waals surface area (Å²) < 4.78 is 5.47. The van der Waals surface area contributed by atoms with Crippen molar-refractivity contribution in [3.8, 4) is 0 Å². The zero-order valence-electron chi connectivity index (χ0n) is 9.52. The molecule has 2 heteroatoms. The maximum absolute atomic E-state index is 5.47. The van der Waals surface area contributed by atoms with Crippen LogP contribution in [0.4, 0.5) is 0 Å². The summed E-state index contributed by atoms with van der Waals surface area (Å²) in [5.41, 5.74) is 1.38. The predicted molar refractivity (Wildman–Crippen MR) is 61.8 cm³/mol. The average molecular weight is 205 g/mol. The van der Waals surface area contributed by atoms with Gasteiger partial charge in [0, 0.05) is 0 Å². The Morgan fingerprint density at radius 3 is 2.33 bits per heavy atom. The number of likely N-dealkylation sites (N-methyl/N-ethyl adjacent to an activating group) is 1. The van der Waals surface area contributed by atoms with Crippen LogP contribution in [0.1, 0.15) is 25.5 Å². The number of epoxide rings is 1. The van der Waals surface area contributed by atoms with Gasteiger partial charge >= 0.3 is 0 Å². The molecule has 1 heterocycles. The van der Waals surface area contributed by atoms with Crippen molar-refractivity contribution in [2.24, 2.45) is 0 Å². The monoisotopic (exact) mass is 205 g/mol. The summed E-state index contributed by atoms with van der Waals surface area (Å²) in [4.78, 5) is 2.47. The van der Waals surface area contributed by atoms with Gasteiger partial charge in [-0.05, 0) is 18.7 Å². The third-order valence-corrected chi connectivity index (χ3v) is 3.06. The second-order valence-electron chi connectivity index (χ2n) is 3.95. The van der Waals surface area contributed by atoms with Crippen molar-refractivity contribution in [3.63, 3.8) is 0 Å². The highest BCUT2D eigenvalue weighted by atomic mass is 16.6. The maximum Gasteiger partial charge on any atom is 0.101 e. The zero-order valence-corrected chi connectivity index (χ0v) is 9.52. The van der Waals surface area contributed by atoms with E-state index in [4.69, 9.17) is 4.74 Å². The molecule has 0 unspecified atom stereocenters. The Bertz CT molecular complexity index is 291. The highest BCUT2D eigenvalue weighted by Gasteiger charge is 2.36. The lowest BCUT2D eigenvalue weighted by Crippen LogP contribution is -2.31. The molecule has 1 fully saturated rings. The van der Waals surface area contributed by atoms with Crippen molar-refractivity contribution in [2.75, 3.05) is 19.7 Å². The van der Waals surface area contributed by atoms with E-state index in [0.29, 0.717) is 12.1 Å². The highest BCUT2D eigenvalue weighted by molar-refractivity contribution is 5.21. The first kappa shape index (κ1) is 10.7. The standard InChI is InChI=1S/C13H19NO/c1-3-14(4-2)13(12-10-15-12)11-8-6-5-7-9-11/h5-9,12-13H,3-4,10H2,1-2H3/t12-,13+/m0/s1. The van der Waals surface area contributed by atoms with Crippen LogP contribution in [0.3, 0.4) is 0 Å². The van der Waals surface area contributed by atoms with Crippen LogP contribution in [0.2, 0.25) is 0 Å². The van der Waals surface area contributed by atoms with Crippen LogP contribution >= 0.6 is 0 Å². The maximum atomic E-state index is 5.47. The van der Waals surface area contributed by atoms with E-state index in [1.54, 1.807) is 0 Å². The zero-order chi connectivity index (χ0) is 10.7. The number of nitrogens with zero attached hydrogens (tertiary/aromatic N) is 1. The van der Waals surface area contributed by atoms with Gasteiger partial charge < -0.3 is 4.74 Å². The quantitative estimate of drug-likeness (QED) is 0.686. The first-order valence-corrected chi connectivity index (χ1v) is 5.77. The molecule has 0 saturated carbocycles. The Hall–Kier alpha value is -0.860. The van der Waals surface area contributed by atoms with Gasteiger partial charge in [-0.2, -0.15) is 0 Å². The molecular formula is C13H19NO. The van der Waals surface area contributed by atoms with Gasteiger partial charge in [-0.15, -0.1) is 0 Å². The minimum Gasteiger partial charge on any atom is -0.371 e. The van der Waals surface area contributed by atoms with Gasteiger partial charge in [-0.3, -0.25) is 4.90 Å². The molecule has 0 aromatic heterocycles. The Morgan fingerprint density at radius 2 is 1.87 bits per heavy atom. The van der Waals surface area contributed by atoms with Crippen molar-refractivity contribution < 1.29 is 4.74 Å². The largest absolute Gasteiger partial charge is 0.371 e. The van der Waals surface area contributed by atoms with Crippen LogP contribution < -0.4 is 0 Å². The van der Waals surface area contributed by atoms with Crippen LogP contribution in [-0.4, -0.2) is 30.7 Å². The molecule has 0 aliphatic carbocycles. The molecule has 2 nitrogen and oxygen atoms in total. The average Bonchev–Trinajstić information content (AvgIpc) is 3.11. The fourth-order valence-electron chi connectivity index (χ4n) is 2.17. The summed E-state index contributed by atoms with van der Waals surface area (Å²) in [7, 11) is 0. The number of rotatable bonds is 5. The minimum absolute atomic E-state index is 0.410. The summed E-state index contributed by atoms with van der Waals surface area (Å²) in [6, 6.07) is 11.1. The van der Waals surface area contributed by atoms with Crippen molar-refractivity contribution in [1.82, 2.24) is 4.90 Å². The Balaban J connectivity index is 2.19. The molecule has 0 N–H and O–H groups in total. The Kier molecular flexibility index (Phi) is 3.39. The normalized spacial score (nSPS) is 21.7. The lowest BCUT2D eigenvalue weighted by atomic mass is 10.0. The van der Waals surface area contributed by atoms with Crippen LogP contribution in [0.5, 0.6) is 0 Å². The topological polar surface area (TPSA) is 15.8 Å². The molecule has 1 aromatic carbocycles. The smallest absolute Gasteiger partial charge is 0.101 e. The van der Waals surface area contributed by atoms with Crippen molar-refractivity contribution in [1.29, 1.82) is 0 Å². The van der Waals surface area contributed by atoms with Crippen LogP contribution in [-0.2, 0) is 4.74 Å². The summed E-state index contributed by atoms with van der Waals surface area (Å²) >= 11 is 0. The number of hydrogen-bond donors (Lipinski definition) is 0. The second kappa shape index (κ2) is 4.77. The number of ether oxygens (including phenoxy) is 1. The van der Waals surface area contributed by atoms with Crippen molar-refractivity contribution in [3.05, 3.63) is 35.9 Å². The molecule has 2 atom stereocenters. The lowest BCUT2D eigenvalue weighted by molar-refractivity contribution is 0.177. The third-order valence-electron chi connectivity index (χ3n) is 3.06. The van der Waals surface area contributed by atoms with E-state index in [1.165, 1.54) is 5.56 Å². The molecule has 1 aliphatic heterocycles. The van der Waals surface area contributed by atoms with E-state index in [9.17, 15) is 0 Å². The van der Waals surface area contributed by atoms with Gasteiger partial charge in [0.1, 0.15) is 6.10 Å². The molecule has 1 aliphatic rings. The fourth-order valence-corrected chi connectivity index (χ4v) is 2.17. The van der Waals surface area contributed by atoms with Crippen LogP contribution in [0, 0.1) is 0 Å². The van der Waals surface area contributed by atoms with Gasteiger partial charge in [-0.1, -0.05) is 44.2 Å². The van der Waals surface area contributed by atoms with E-state index >= 15 is 0 Å². The molecule has 1 saturated heterocycles. The van der Waals surface area contributed by atoms with Crippen molar-refractivity contribution >= 4 is 0 Å². The molecule has 0 radical (unpaired) electrons. The SMILES string of the molecule is CCN(CC)[C@H](c1ccccc1)[C@@H]1CO1. The molecule has 2 rings (SSSR count). The van der Waals surface area contributed by atoms with Gasteiger partial charge in [0.15, 0.2) is 0 Å². The Labute approximate surface area is 91.9 Å². The van der Waals surface area contributed by atoms with E-state index in [1.807, 2.05) is 0 Å². The third kappa shape index (κ3) is 2.39. The van der Waals surface area contributed by atoms with Gasteiger partial charge in [0.2, 0.25) is 0 Å². The first-order valence-electron chi connectivity index (χ1n) is 5.77. The minimum atomic E-state index is 0.410. The number of benzene rings is 1. The highest BCUT2D eigenvalue weighted by Crippen LogP contribution is 2.32. The molecular weight excluding hydrogens is 186 g/mol. The van der Waals surface area contributed by atoms with Gasteiger partial charge in [-0.25, -0.2) is 0 Å².